The molecule has 0 bridgehead atoms. The van der Waals surface area contributed by atoms with E-state index < -0.39 is 0 Å². The molecule has 0 saturated carbocycles. The highest BCUT2D eigenvalue weighted by atomic mass is 16.4. The van der Waals surface area contributed by atoms with Crippen LogP contribution in [0.5, 0.6) is 0 Å². The Bertz CT molecular complexity index is 639. The van der Waals surface area contributed by atoms with Crippen molar-refractivity contribution in [1.29, 1.82) is 0 Å². The monoisotopic (exact) mass is 313 g/mol. The van der Waals surface area contributed by atoms with E-state index in [1.807, 2.05) is 35.2 Å². The van der Waals surface area contributed by atoms with Crippen molar-refractivity contribution >= 4 is 5.91 Å². The van der Waals surface area contributed by atoms with Crippen LogP contribution in [0.3, 0.4) is 0 Å². The summed E-state index contributed by atoms with van der Waals surface area (Å²) in [5.41, 5.74) is 1.03. The minimum Gasteiger partial charge on any atom is -0.441 e. The Hall–Kier alpha value is -2.14. The highest BCUT2D eigenvalue weighted by molar-refractivity contribution is 5.76. The van der Waals surface area contributed by atoms with E-state index in [4.69, 9.17) is 4.42 Å². The smallest absolute Gasteiger partial charge is 0.222 e. The third-order valence-electron chi connectivity index (χ3n) is 4.11. The van der Waals surface area contributed by atoms with E-state index in [0.717, 1.165) is 37.4 Å². The zero-order valence-corrected chi connectivity index (χ0v) is 13.5. The third kappa shape index (κ3) is 4.20. The van der Waals surface area contributed by atoms with Gasteiger partial charge in [-0.3, -0.25) is 4.79 Å². The highest BCUT2D eigenvalue weighted by Gasteiger charge is 2.20. The van der Waals surface area contributed by atoms with Gasteiger partial charge in [-0.1, -0.05) is 30.3 Å². The maximum absolute atomic E-state index is 12.2. The van der Waals surface area contributed by atoms with E-state index in [-0.39, 0.29) is 5.91 Å². The van der Waals surface area contributed by atoms with E-state index in [9.17, 15) is 4.79 Å². The van der Waals surface area contributed by atoms with E-state index in [1.54, 1.807) is 6.20 Å². The molecule has 1 aliphatic rings. The maximum atomic E-state index is 12.2. The second-order valence-electron chi connectivity index (χ2n) is 6.03. The van der Waals surface area contributed by atoms with Crippen molar-refractivity contribution in [2.24, 2.45) is 0 Å². The largest absolute Gasteiger partial charge is 0.441 e. The predicted molar refractivity (Wildman–Crippen MR) is 88.9 cm³/mol. The standard InChI is InChI=1S/C18H23N3O2/c1-14-13-21(11-10-19-14)18(22)9-5-8-17-20-12-16(23-17)15-6-3-2-4-7-15/h2-4,6-7,12,14,19H,5,8-11,13H2,1H3. The van der Waals surface area contributed by atoms with Gasteiger partial charge in [-0.05, 0) is 13.3 Å². The van der Waals surface area contributed by atoms with E-state index in [1.165, 1.54) is 0 Å². The van der Waals surface area contributed by atoms with Crippen LogP contribution in [0.4, 0.5) is 0 Å². The molecule has 23 heavy (non-hydrogen) atoms. The first-order valence-corrected chi connectivity index (χ1v) is 8.23. The molecule has 3 rings (SSSR count). The molecule has 1 aromatic carbocycles. The van der Waals surface area contributed by atoms with Crippen LogP contribution in [-0.4, -0.2) is 41.5 Å². The summed E-state index contributed by atoms with van der Waals surface area (Å²) in [6.45, 7) is 4.60. The third-order valence-corrected chi connectivity index (χ3v) is 4.11. The van der Waals surface area contributed by atoms with Crippen molar-refractivity contribution in [1.82, 2.24) is 15.2 Å². The average Bonchev–Trinajstić information content (AvgIpc) is 3.04. The Kier molecular flexibility index (Phi) is 5.08. The molecule has 0 radical (unpaired) electrons. The molecule has 0 aliphatic carbocycles. The second-order valence-corrected chi connectivity index (χ2v) is 6.03. The summed E-state index contributed by atoms with van der Waals surface area (Å²) in [6.07, 6.45) is 3.77. The molecule has 0 spiro atoms. The summed E-state index contributed by atoms with van der Waals surface area (Å²) in [5, 5.41) is 3.35. The van der Waals surface area contributed by atoms with Crippen molar-refractivity contribution in [3.05, 3.63) is 42.4 Å². The van der Waals surface area contributed by atoms with Gasteiger partial charge in [-0.15, -0.1) is 0 Å². The highest BCUT2D eigenvalue weighted by Crippen LogP contribution is 2.20. The Morgan fingerprint density at radius 1 is 1.39 bits per heavy atom. The zero-order valence-electron chi connectivity index (χ0n) is 13.5. The number of amides is 1. The lowest BCUT2D eigenvalue weighted by Crippen LogP contribution is -2.51. The van der Waals surface area contributed by atoms with Gasteiger partial charge in [0.2, 0.25) is 5.91 Å². The molecule has 2 aromatic rings. The SMILES string of the molecule is CC1CN(C(=O)CCCc2ncc(-c3ccccc3)o2)CCN1. The van der Waals surface area contributed by atoms with Crippen LogP contribution in [0.2, 0.25) is 0 Å². The number of nitrogens with one attached hydrogen (secondary N) is 1. The second kappa shape index (κ2) is 7.42. The van der Waals surface area contributed by atoms with Crippen molar-refractivity contribution in [2.75, 3.05) is 19.6 Å². The number of carbonyl (C=O) groups is 1. The van der Waals surface area contributed by atoms with E-state index in [0.29, 0.717) is 24.8 Å². The minimum atomic E-state index is 0.230. The predicted octanol–water partition coefficient (Wildman–Crippen LogP) is 2.48. The van der Waals surface area contributed by atoms with Gasteiger partial charge in [0.1, 0.15) is 0 Å². The maximum Gasteiger partial charge on any atom is 0.222 e. The molecule has 122 valence electrons. The van der Waals surface area contributed by atoms with Gasteiger partial charge < -0.3 is 14.6 Å². The number of rotatable bonds is 5. The number of hydrogen-bond donors (Lipinski definition) is 1. The van der Waals surface area contributed by atoms with Crippen LogP contribution < -0.4 is 5.32 Å². The lowest BCUT2D eigenvalue weighted by molar-refractivity contribution is -0.132. The van der Waals surface area contributed by atoms with Gasteiger partial charge in [0.05, 0.1) is 6.20 Å². The van der Waals surface area contributed by atoms with E-state index in [2.05, 4.69) is 17.2 Å². The Labute approximate surface area is 136 Å². The molecule has 1 aromatic heterocycles. The van der Waals surface area contributed by atoms with Gasteiger partial charge in [0.25, 0.3) is 0 Å². The minimum absolute atomic E-state index is 0.230. The molecule has 5 heteroatoms. The summed E-state index contributed by atoms with van der Waals surface area (Å²) >= 11 is 0. The number of oxazole rings is 1. The molecule has 1 fully saturated rings. The summed E-state index contributed by atoms with van der Waals surface area (Å²) < 4.78 is 5.77. The molecule has 1 saturated heterocycles. The lowest BCUT2D eigenvalue weighted by Gasteiger charge is -2.32. The topological polar surface area (TPSA) is 58.4 Å². The number of aromatic nitrogens is 1. The first-order valence-electron chi connectivity index (χ1n) is 8.23. The Morgan fingerprint density at radius 3 is 3.00 bits per heavy atom. The fraction of sp³-hybridized carbons (Fsp3) is 0.444. The molecule has 2 heterocycles. The number of aryl methyl sites for hydroxylation is 1. The number of carbonyl (C=O) groups excluding carboxylic acids is 1. The van der Waals surface area contributed by atoms with Crippen molar-refractivity contribution in [3.8, 4) is 11.3 Å². The quantitative estimate of drug-likeness (QED) is 0.921. The zero-order chi connectivity index (χ0) is 16.1. The molecule has 5 nitrogen and oxygen atoms in total. The number of hydrogen-bond acceptors (Lipinski definition) is 4. The molecular formula is C18H23N3O2. The number of piperazine rings is 1. The average molecular weight is 313 g/mol. The van der Waals surface area contributed by atoms with Crippen LogP contribution in [-0.2, 0) is 11.2 Å². The van der Waals surface area contributed by atoms with Crippen molar-refractivity contribution in [2.45, 2.75) is 32.2 Å². The molecule has 1 N–H and O–H groups in total. The Balaban J connectivity index is 1.47. The summed E-state index contributed by atoms with van der Waals surface area (Å²) in [5.74, 6) is 1.71. The first kappa shape index (κ1) is 15.7. The number of nitrogens with zero attached hydrogens (tertiary/aromatic N) is 2. The van der Waals surface area contributed by atoms with Crippen LogP contribution in [0.15, 0.2) is 40.9 Å². The summed E-state index contributed by atoms with van der Waals surface area (Å²) in [6, 6.07) is 10.3. The van der Waals surface area contributed by atoms with Crippen LogP contribution in [0, 0.1) is 0 Å². The van der Waals surface area contributed by atoms with E-state index >= 15 is 0 Å². The lowest BCUT2D eigenvalue weighted by atomic mass is 10.2. The summed E-state index contributed by atoms with van der Waals surface area (Å²) in [4.78, 5) is 18.5. The summed E-state index contributed by atoms with van der Waals surface area (Å²) in [7, 11) is 0. The van der Waals surface area contributed by atoms with Crippen molar-refractivity contribution < 1.29 is 9.21 Å². The number of benzene rings is 1. The fourth-order valence-electron chi connectivity index (χ4n) is 2.87. The normalized spacial score (nSPS) is 18.1. The van der Waals surface area contributed by atoms with Gasteiger partial charge in [0.15, 0.2) is 11.7 Å². The van der Waals surface area contributed by atoms with Crippen LogP contribution in [0.1, 0.15) is 25.7 Å². The molecule has 1 unspecified atom stereocenters. The van der Waals surface area contributed by atoms with Gasteiger partial charge in [-0.2, -0.15) is 0 Å². The Morgan fingerprint density at radius 2 is 2.22 bits per heavy atom. The van der Waals surface area contributed by atoms with Crippen LogP contribution in [0.25, 0.3) is 11.3 Å². The van der Waals surface area contributed by atoms with Gasteiger partial charge >= 0.3 is 0 Å². The van der Waals surface area contributed by atoms with Crippen molar-refractivity contribution in [3.63, 3.8) is 0 Å². The fourth-order valence-corrected chi connectivity index (χ4v) is 2.87. The first-order chi connectivity index (χ1) is 11.2. The van der Waals surface area contributed by atoms with Crippen LogP contribution >= 0.6 is 0 Å². The molecule has 1 aliphatic heterocycles. The molecular weight excluding hydrogens is 290 g/mol. The molecule has 1 atom stereocenters. The van der Waals surface area contributed by atoms with Gasteiger partial charge in [0, 0.05) is 44.1 Å². The van der Waals surface area contributed by atoms with Gasteiger partial charge in [-0.25, -0.2) is 4.98 Å². The molecule has 1 amide bonds.